The van der Waals surface area contributed by atoms with E-state index >= 15 is 0 Å². The summed E-state index contributed by atoms with van der Waals surface area (Å²) in [6, 6.07) is 0. The molecule has 5 heteroatoms. The van der Waals surface area contributed by atoms with Crippen molar-refractivity contribution in [2.45, 2.75) is 46.2 Å². The molecule has 2 aliphatic heterocycles. The fourth-order valence-electron chi connectivity index (χ4n) is 2.87. The maximum absolute atomic E-state index is 12.9. The highest BCUT2D eigenvalue weighted by Crippen LogP contribution is 2.33. The first-order valence-corrected chi connectivity index (χ1v) is 9.34. The number of halogens is 1. The summed E-state index contributed by atoms with van der Waals surface area (Å²) in [4.78, 5) is 8.16. The van der Waals surface area contributed by atoms with E-state index in [1.807, 2.05) is 19.9 Å². The zero-order valence-corrected chi connectivity index (χ0v) is 15.5. The van der Waals surface area contributed by atoms with E-state index in [1.165, 1.54) is 12.6 Å². The van der Waals surface area contributed by atoms with Gasteiger partial charge in [-0.05, 0) is 51.5 Å². The summed E-state index contributed by atoms with van der Waals surface area (Å²) in [6.07, 6.45) is 9.14. The van der Waals surface area contributed by atoms with Crippen LogP contribution >= 0.6 is 11.8 Å². The van der Waals surface area contributed by atoms with Crippen molar-refractivity contribution < 1.29 is 4.39 Å². The van der Waals surface area contributed by atoms with Crippen molar-refractivity contribution in [2.75, 3.05) is 13.1 Å². The first-order chi connectivity index (χ1) is 11.6. The van der Waals surface area contributed by atoms with Crippen molar-refractivity contribution in [3.05, 3.63) is 45.9 Å². The van der Waals surface area contributed by atoms with Crippen LogP contribution < -0.4 is 0 Å². The van der Waals surface area contributed by atoms with Crippen LogP contribution in [0.4, 0.5) is 4.39 Å². The number of hydrogen-bond donors (Lipinski definition) is 1. The molecule has 0 amide bonds. The Balaban J connectivity index is 2.19. The predicted molar refractivity (Wildman–Crippen MR) is 103 cm³/mol. The van der Waals surface area contributed by atoms with Gasteiger partial charge in [-0.25, -0.2) is 4.39 Å². The molecule has 1 N–H and O–H groups in total. The fraction of sp³-hybridized carbons (Fsp3) is 0.474. The van der Waals surface area contributed by atoms with Crippen LogP contribution in [0.1, 0.15) is 40.0 Å². The minimum Gasteiger partial charge on any atom is -0.329 e. The van der Waals surface area contributed by atoms with Crippen molar-refractivity contribution in [1.29, 1.82) is 5.41 Å². The number of thioether (sulfide) groups is 1. The largest absolute Gasteiger partial charge is 0.329 e. The van der Waals surface area contributed by atoms with Gasteiger partial charge in [0.1, 0.15) is 12.0 Å². The van der Waals surface area contributed by atoms with E-state index in [-0.39, 0.29) is 0 Å². The Bertz CT molecular complexity index is 627. The number of rotatable bonds is 7. The first kappa shape index (κ1) is 18.7. The van der Waals surface area contributed by atoms with Crippen molar-refractivity contribution in [1.82, 2.24) is 4.90 Å². The topological polar surface area (TPSA) is 39.5 Å². The third-order valence-electron chi connectivity index (χ3n) is 4.00. The second kappa shape index (κ2) is 9.02. The molecule has 0 aliphatic carbocycles. The zero-order valence-electron chi connectivity index (χ0n) is 14.7. The lowest BCUT2D eigenvalue weighted by Gasteiger charge is -2.29. The van der Waals surface area contributed by atoms with Gasteiger partial charge >= 0.3 is 0 Å². The highest BCUT2D eigenvalue weighted by atomic mass is 32.2. The minimum atomic E-state index is -0.869. The van der Waals surface area contributed by atoms with E-state index in [9.17, 15) is 4.39 Å². The monoisotopic (exact) mass is 347 g/mol. The number of nitrogens with one attached hydrogen (secondary N) is 1. The van der Waals surface area contributed by atoms with Crippen molar-refractivity contribution in [3.8, 4) is 0 Å². The highest BCUT2D eigenvalue weighted by molar-refractivity contribution is 8.06. The van der Waals surface area contributed by atoms with Gasteiger partial charge in [0.25, 0.3) is 0 Å². The van der Waals surface area contributed by atoms with Crippen molar-refractivity contribution >= 4 is 23.3 Å². The number of fused-ring (bicyclic) bond motifs is 1. The molecule has 0 spiro atoms. The van der Waals surface area contributed by atoms with Gasteiger partial charge in [0.15, 0.2) is 0 Å². The smallest absolute Gasteiger partial charge is 0.142 e. The first-order valence-electron chi connectivity index (χ1n) is 8.46. The number of nitrogens with zero attached hydrogens (tertiary/aromatic N) is 2. The summed E-state index contributed by atoms with van der Waals surface area (Å²) in [6.45, 7) is 7.06. The number of hydrogen-bond acceptors (Lipinski definition) is 4. The summed E-state index contributed by atoms with van der Waals surface area (Å²) < 4.78 is 12.9. The molecule has 1 saturated heterocycles. The Labute approximate surface area is 148 Å². The standard InChI is InChI=1S/C19H26FN3S/c1-4-12-24-18(5-2)19-22-13-15(17-10-7-11-23(17)19)16(21)9-6-8-14(3)20/h4-6,9,12,14,21H,7-8,10-11,13H2,1-3H3/b9-6-,12-4-,18-5+,21-16?. The minimum absolute atomic E-state index is 0.353. The summed E-state index contributed by atoms with van der Waals surface area (Å²) in [5, 5.41) is 10.4. The Kier molecular flexibility index (Phi) is 7.03. The number of amidine groups is 1. The SMILES string of the molecule is C/C=C\S/C(=C/C)C1=NCC(C(=N)/C=C\CC(C)F)=C2CCCN12. The van der Waals surface area contributed by atoms with E-state index < -0.39 is 6.17 Å². The zero-order chi connectivity index (χ0) is 17.5. The van der Waals surface area contributed by atoms with Gasteiger partial charge in [0.2, 0.25) is 0 Å². The van der Waals surface area contributed by atoms with Crippen LogP contribution in [0.5, 0.6) is 0 Å². The third kappa shape index (κ3) is 4.47. The average molecular weight is 348 g/mol. The quantitative estimate of drug-likeness (QED) is 0.639. The molecule has 1 fully saturated rings. The average Bonchev–Trinajstić information content (AvgIpc) is 3.04. The molecule has 3 nitrogen and oxygen atoms in total. The Morgan fingerprint density at radius 1 is 1.46 bits per heavy atom. The molecule has 0 bridgehead atoms. The van der Waals surface area contributed by atoms with Crippen LogP contribution in [0, 0.1) is 5.41 Å². The normalized spacial score (nSPS) is 20.1. The lowest BCUT2D eigenvalue weighted by Crippen LogP contribution is -2.33. The summed E-state index contributed by atoms with van der Waals surface area (Å²) in [5.74, 6) is 1.02. The molecule has 24 heavy (non-hydrogen) atoms. The van der Waals surface area contributed by atoms with Gasteiger partial charge in [0, 0.05) is 22.7 Å². The Hall–Kier alpha value is -1.62. The van der Waals surface area contributed by atoms with E-state index in [4.69, 9.17) is 10.4 Å². The van der Waals surface area contributed by atoms with E-state index in [0.29, 0.717) is 18.7 Å². The van der Waals surface area contributed by atoms with Crippen molar-refractivity contribution in [3.63, 3.8) is 0 Å². The molecule has 0 radical (unpaired) electrons. The molecule has 130 valence electrons. The molecule has 2 aliphatic rings. The molecular formula is C19H26FN3S. The van der Waals surface area contributed by atoms with Crippen LogP contribution in [0.25, 0.3) is 0 Å². The number of aliphatic imine (C=N–C) groups is 1. The van der Waals surface area contributed by atoms with Gasteiger partial charge in [-0.15, -0.1) is 0 Å². The van der Waals surface area contributed by atoms with E-state index in [2.05, 4.69) is 16.4 Å². The van der Waals surface area contributed by atoms with Gasteiger partial charge in [-0.2, -0.15) is 0 Å². The number of allylic oxidation sites excluding steroid dienone is 5. The van der Waals surface area contributed by atoms with Crippen LogP contribution in [0.2, 0.25) is 0 Å². The van der Waals surface area contributed by atoms with Crippen LogP contribution in [-0.4, -0.2) is 35.7 Å². The van der Waals surface area contributed by atoms with Gasteiger partial charge < -0.3 is 10.3 Å². The molecule has 0 aromatic heterocycles. The molecule has 2 rings (SSSR count). The van der Waals surface area contributed by atoms with Crippen LogP contribution in [0.3, 0.4) is 0 Å². The molecular weight excluding hydrogens is 321 g/mol. The van der Waals surface area contributed by atoms with Crippen LogP contribution in [0.15, 0.2) is 50.9 Å². The summed E-state index contributed by atoms with van der Waals surface area (Å²) in [5.41, 5.74) is 2.65. The molecule has 2 heterocycles. The van der Waals surface area contributed by atoms with E-state index in [1.54, 1.807) is 23.9 Å². The van der Waals surface area contributed by atoms with E-state index in [0.717, 1.165) is 35.7 Å². The Morgan fingerprint density at radius 2 is 2.25 bits per heavy atom. The molecule has 1 unspecified atom stereocenters. The fourth-order valence-corrected chi connectivity index (χ4v) is 3.57. The van der Waals surface area contributed by atoms with Gasteiger partial charge in [0.05, 0.1) is 12.3 Å². The van der Waals surface area contributed by atoms with Gasteiger partial charge in [-0.1, -0.05) is 30.0 Å². The van der Waals surface area contributed by atoms with Crippen molar-refractivity contribution in [2.24, 2.45) is 4.99 Å². The molecule has 1 atom stereocenters. The third-order valence-corrected chi connectivity index (χ3v) is 5.08. The lowest BCUT2D eigenvalue weighted by atomic mass is 10.0. The maximum atomic E-state index is 12.9. The van der Waals surface area contributed by atoms with Crippen LogP contribution in [-0.2, 0) is 0 Å². The Morgan fingerprint density at radius 3 is 2.92 bits per heavy atom. The highest BCUT2D eigenvalue weighted by Gasteiger charge is 2.30. The van der Waals surface area contributed by atoms with Gasteiger partial charge in [-0.3, -0.25) is 4.99 Å². The summed E-state index contributed by atoms with van der Waals surface area (Å²) in [7, 11) is 0. The molecule has 0 saturated carbocycles. The molecule has 0 aromatic rings. The number of alkyl halides is 1. The lowest BCUT2D eigenvalue weighted by molar-refractivity contribution is 0.365. The second-order valence-corrected chi connectivity index (χ2v) is 6.84. The predicted octanol–water partition coefficient (Wildman–Crippen LogP) is 5.24. The maximum Gasteiger partial charge on any atom is 0.142 e. The molecule has 0 aromatic carbocycles. The summed E-state index contributed by atoms with van der Waals surface area (Å²) >= 11 is 1.68. The second-order valence-electron chi connectivity index (χ2n) is 5.89.